The summed E-state index contributed by atoms with van der Waals surface area (Å²) in [6.07, 6.45) is 4.86. The number of alkyl halides is 1. The highest BCUT2D eigenvalue weighted by Crippen LogP contribution is 2.32. The van der Waals surface area contributed by atoms with Crippen LogP contribution in [-0.2, 0) is 5.67 Å². The van der Waals surface area contributed by atoms with Gasteiger partial charge in [0.2, 0.25) is 11.8 Å². The molecular weight excluding hydrogens is 499 g/mol. The molecule has 204 valence electrons. The highest BCUT2D eigenvalue weighted by molar-refractivity contribution is 5.39. The van der Waals surface area contributed by atoms with Crippen LogP contribution in [0, 0.1) is 17.6 Å². The van der Waals surface area contributed by atoms with Crippen molar-refractivity contribution in [2.24, 2.45) is 11.7 Å². The number of hydrogen-bond donors (Lipinski definition) is 1. The molecule has 0 aliphatic carbocycles. The number of piperidine rings is 1. The number of rotatable bonds is 7. The van der Waals surface area contributed by atoms with Crippen LogP contribution in [0.5, 0.6) is 5.75 Å². The van der Waals surface area contributed by atoms with Crippen molar-refractivity contribution in [1.82, 2.24) is 20.1 Å². The Bertz CT molecular complexity index is 1240. The Morgan fingerprint density at radius 3 is 2.47 bits per heavy atom. The molecule has 1 aromatic carbocycles. The average Bonchev–Trinajstić information content (AvgIpc) is 3.54. The van der Waals surface area contributed by atoms with Crippen LogP contribution in [0.1, 0.15) is 50.9 Å². The zero-order chi connectivity index (χ0) is 27.0. The van der Waals surface area contributed by atoms with Crippen molar-refractivity contribution in [3.8, 4) is 5.75 Å². The molecule has 3 aromatic rings. The number of benzene rings is 1. The summed E-state index contributed by atoms with van der Waals surface area (Å²) >= 11 is 0. The van der Waals surface area contributed by atoms with Gasteiger partial charge in [-0.2, -0.15) is 4.98 Å². The lowest BCUT2D eigenvalue weighted by atomic mass is 9.92. The van der Waals surface area contributed by atoms with Crippen LogP contribution in [0.15, 0.2) is 35.1 Å². The lowest BCUT2D eigenvalue weighted by Gasteiger charge is -2.33. The number of nitrogens with zero attached hydrogens (tertiary/aromatic N) is 6. The second-order valence-corrected chi connectivity index (χ2v) is 10.6. The summed E-state index contributed by atoms with van der Waals surface area (Å²) in [7, 11) is 0. The van der Waals surface area contributed by atoms with Gasteiger partial charge in [0.1, 0.15) is 11.6 Å². The Morgan fingerprint density at radius 1 is 1.11 bits per heavy atom. The molecule has 9 nitrogen and oxygen atoms in total. The van der Waals surface area contributed by atoms with E-state index in [1.165, 1.54) is 19.9 Å². The fourth-order valence-corrected chi connectivity index (χ4v) is 5.11. The first-order valence-corrected chi connectivity index (χ1v) is 12.8. The van der Waals surface area contributed by atoms with E-state index in [2.05, 4.69) is 20.1 Å². The Kier molecular flexibility index (Phi) is 7.17. The van der Waals surface area contributed by atoms with Crippen molar-refractivity contribution >= 4 is 12.0 Å². The molecule has 3 atom stereocenters. The molecule has 38 heavy (non-hydrogen) atoms. The third-order valence-electron chi connectivity index (χ3n) is 7.36. The largest absolute Gasteiger partial charge is 0.487 e. The van der Waals surface area contributed by atoms with E-state index in [0.717, 1.165) is 25.0 Å². The second kappa shape index (κ2) is 10.4. The predicted octanol–water partition coefficient (Wildman–Crippen LogP) is 3.96. The lowest BCUT2D eigenvalue weighted by Crippen LogP contribution is -2.39. The molecular formula is C26H32F3N7O2. The molecule has 2 N–H and O–H groups in total. The SMILES string of the molecule is C[C@H](Oc1cnc(N2C[C@H](c3cc(F)ccc3F)[C@@H](N)C2)nc1)C1CCN(c2nc(C(C)(C)F)no2)CC1. The van der Waals surface area contributed by atoms with E-state index in [1.807, 2.05) is 16.7 Å². The van der Waals surface area contributed by atoms with Crippen molar-refractivity contribution in [3.05, 3.63) is 53.6 Å². The first-order valence-electron chi connectivity index (χ1n) is 12.8. The molecule has 4 heterocycles. The highest BCUT2D eigenvalue weighted by atomic mass is 19.1. The summed E-state index contributed by atoms with van der Waals surface area (Å²) in [5.41, 5.74) is 4.88. The standard InChI is InChI=1S/C26H32F3N7O2/c1-15(16-6-8-35(9-7-16)25-33-23(34-38-25)26(2,3)29)37-18-11-31-24(32-12-18)36-13-20(22(30)14-36)19-10-17(27)4-5-21(19)28/h4-5,10-12,15-16,20,22H,6-9,13-14,30H2,1-3H3/t15-,20+,22-/m0/s1. The maximum absolute atomic E-state index is 14.3. The Balaban J connectivity index is 1.14. The van der Waals surface area contributed by atoms with Crippen LogP contribution in [-0.4, -0.2) is 58.4 Å². The fourth-order valence-electron chi connectivity index (χ4n) is 5.11. The predicted molar refractivity (Wildman–Crippen MR) is 135 cm³/mol. The second-order valence-electron chi connectivity index (χ2n) is 10.6. The van der Waals surface area contributed by atoms with E-state index < -0.39 is 17.3 Å². The normalized spacial score (nSPS) is 21.7. The number of nitrogens with two attached hydrogens (primary N) is 1. The highest BCUT2D eigenvalue weighted by Gasteiger charge is 2.35. The molecule has 5 rings (SSSR count). The maximum Gasteiger partial charge on any atom is 0.324 e. The van der Waals surface area contributed by atoms with Crippen molar-refractivity contribution in [2.75, 3.05) is 36.0 Å². The van der Waals surface area contributed by atoms with Crippen molar-refractivity contribution < 1.29 is 22.4 Å². The molecule has 2 aromatic heterocycles. The van der Waals surface area contributed by atoms with Crippen molar-refractivity contribution in [2.45, 2.75) is 57.3 Å². The Labute approximate surface area is 219 Å². The van der Waals surface area contributed by atoms with Gasteiger partial charge in [0.25, 0.3) is 0 Å². The lowest BCUT2D eigenvalue weighted by molar-refractivity contribution is 0.131. The first-order chi connectivity index (χ1) is 18.1. The fraction of sp³-hybridized carbons (Fsp3) is 0.538. The zero-order valence-electron chi connectivity index (χ0n) is 21.6. The van der Waals surface area contributed by atoms with Gasteiger partial charge in [0.15, 0.2) is 11.4 Å². The molecule has 2 aliphatic heterocycles. The first kappa shape index (κ1) is 26.2. The Hall–Kier alpha value is -3.41. The van der Waals surface area contributed by atoms with Gasteiger partial charge in [-0.1, -0.05) is 5.16 Å². The molecule has 2 fully saturated rings. The number of anilines is 2. The van der Waals surface area contributed by atoms with Crippen LogP contribution in [0.4, 0.5) is 25.1 Å². The molecule has 0 bridgehead atoms. The summed E-state index contributed by atoms with van der Waals surface area (Å²) in [5.74, 6) is 0.0260. The van der Waals surface area contributed by atoms with E-state index in [4.69, 9.17) is 15.0 Å². The van der Waals surface area contributed by atoms with Crippen molar-refractivity contribution in [3.63, 3.8) is 0 Å². The molecule has 2 aliphatic rings. The number of aromatic nitrogens is 4. The topological polar surface area (TPSA) is 106 Å². The van der Waals surface area contributed by atoms with E-state index in [-0.39, 0.29) is 29.5 Å². The summed E-state index contributed by atoms with van der Waals surface area (Å²) < 4.78 is 53.4. The zero-order valence-corrected chi connectivity index (χ0v) is 21.6. The molecule has 2 saturated heterocycles. The molecule has 12 heteroatoms. The molecule has 0 radical (unpaired) electrons. The number of hydrogen-bond acceptors (Lipinski definition) is 9. The molecule has 0 unspecified atom stereocenters. The van der Waals surface area contributed by atoms with Gasteiger partial charge in [0.05, 0.1) is 18.5 Å². The third-order valence-corrected chi connectivity index (χ3v) is 7.36. The number of ether oxygens (including phenoxy) is 1. The minimum Gasteiger partial charge on any atom is -0.487 e. The molecule has 0 saturated carbocycles. The van der Waals surface area contributed by atoms with Gasteiger partial charge in [-0.25, -0.2) is 23.1 Å². The molecule has 0 amide bonds. The minimum absolute atomic E-state index is 0.0438. The van der Waals surface area contributed by atoms with E-state index >= 15 is 0 Å². The quantitative estimate of drug-likeness (QED) is 0.485. The van der Waals surface area contributed by atoms with Gasteiger partial charge < -0.3 is 24.8 Å². The van der Waals surface area contributed by atoms with E-state index in [0.29, 0.717) is 49.8 Å². The van der Waals surface area contributed by atoms with E-state index in [1.54, 1.807) is 12.4 Å². The van der Waals surface area contributed by atoms with Gasteiger partial charge >= 0.3 is 6.01 Å². The average molecular weight is 532 g/mol. The van der Waals surface area contributed by atoms with Gasteiger partial charge in [-0.3, -0.25) is 0 Å². The minimum atomic E-state index is -1.65. The molecule has 0 spiro atoms. The van der Waals surface area contributed by atoms with Crippen LogP contribution in [0.2, 0.25) is 0 Å². The smallest absolute Gasteiger partial charge is 0.324 e. The summed E-state index contributed by atoms with van der Waals surface area (Å²) in [6, 6.07) is 3.39. The van der Waals surface area contributed by atoms with Crippen LogP contribution < -0.4 is 20.3 Å². The van der Waals surface area contributed by atoms with Gasteiger partial charge in [-0.05, 0) is 63.3 Å². The van der Waals surface area contributed by atoms with Crippen molar-refractivity contribution in [1.29, 1.82) is 0 Å². The van der Waals surface area contributed by atoms with Crippen LogP contribution >= 0.6 is 0 Å². The third kappa shape index (κ3) is 5.54. The summed E-state index contributed by atoms with van der Waals surface area (Å²) in [6.45, 7) is 7.03. The van der Waals surface area contributed by atoms with E-state index in [9.17, 15) is 13.2 Å². The van der Waals surface area contributed by atoms with Gasteiger partial charge in [0, 0.05) is 38.1 Å². The van der Waals surface area contributed by atoms with Crippen LogP contribution in [0.3, 0.4) is 0 Å². The van der Waals surface area contributed by atoms with Gasteiger partial charge in [-0.15, -0.1) is 0 Å². The summed E-state index contributed by atoms with van der Waals surface area (Å²) in [4.78, 5) is 16.9. The van der Waals surface area contributed by atoms with Crippen LogP contribution in [0.25, 0.3) is 0 Å². The number of halogens is 3. The summed E-state index contributed by atoms with van der Waals surface area (Å²) in [5, 5.41) is 3.76. The Morgan fingerprint density at radius 2 is 1.82 bits per heavy atom. The monoisotopic (exact) mass is 531 g/mol. The maximum atomic E-state index is 14.3.